The average molecular weight is 224 g/mol. The van der Waals surface area contributed by atoms with E-state index in [2.05, 4.69) is 43.0 Å². The molecule has 0 nitrogen and oxygen atoms in total. The molecule has 2 aliphatic rings. The van der Waals surface area contributed by atoms with E-state index >= 15 is 0 Å². The van der Waals surface area contributed by atoms with Crippen LogP contribution in [0.2, 0.25) is 0 Å². The highest BCUT2D eigenvalue weighted by Crippen LogP contribution is 2.45. The number of hydrogen-bond acceptors (Lipinski definition) is 0. The predicted octanol–water partition coefficient (Wildman–Crippen LogP) is 4.47. The summed E-state index contributed by atoms with van der Waals surface area (Å²) in [6, 6.07) is 8.84. The lowest BCUT2D eigenvalue weighted by Gasteiger charge is -2.17. The van der Waals surface area contributed by atoms with Gasteiger partial charge >= 0.3 is 0 Å². The summed E-state index contributed by atoms with van der Waals surface area (Å²) in [7, 11) is 0. The lowest BCUT2D eigenvalue weighted by Crippen LogP contribution is -2.07. The van der Waals surface area contributed by atoms with Crippen LogP contribution in [0, 0.1) is 17.8 Å². The standard InChI is InChI=1S/C17H20/c1-2-13-3-5-14(6-4-13)7-9-16-11-15-8-10-17(16)12-15/h2-6,8,10,15-17H,1,7,9,11-12H2/t15-,16+,17-/m0/s1. The van der Waals surface area contributed by atoms with Crippen LogP contribution in [0.4, 0.5) is 0 Å². The summed E-state index contributed by atoms with van der Waals surface area (Å²) in [5, 5.41) is 0. The normalized spacial score (nSPS) is 29.8. The van der Waals surface area contributed by atoms with Gasteiger partial charge in [0.05, 0.1) is 0 Å². The van der Waals surface area contributed by atoms with E-state index in [1.165, 1.54) is 36.8 Å². The van der Waals surface area contributed by atoms with Gasteiger partial charge in [0.1, 0.15) is 0 Å². The van der Waals surface area contributed by atoms with E-state index in [1.54, 1.807) is 0 Å². The monoisotopic (exact) mass is 224 g/mol. The average Bonchev–Trinajstić information content (AvgIpc) is 2.99. The fraction of sp³-hybridized carbons (Fsp3) is 0.412. The van der Waals surface area contributed by atoms with E-state index in [-0.39, 0.29) is 0 Å². The van der Waals surface area contributed by atoms with Crippen molar-refractivity contribution in [1.29, 1.82) is 0 Å². The molecule has 0 aromatic heterocycles. The van der Waals surface area contributed by atoms with Gasteiger partial charge in [-0.25, -0.2) is 0 Å². The molecule has 1 saturated carbocycles. The number of rotatable bonds is 4. The van der Waals surface area contributed by atoms with Crippen LogP contribution in [-0.4, -0.2) is 0 Å². The third kappa shape index (κ3) is 2.22. The quantitative estimate of drug-likeness (QED) is 0.662. The maximum Gasteiger partial charge on any atom is -0.0199 e. The second-order valence-corrected chi connectivity index (χ2v) is 5.52. The molecule has 0 aliphatic heterocycles. The molecule has 2 aliphatic carbocycles. The molecular weight excluding hydrogens is 204 g/mol. The Bertz CT molecular complexity index is 424. The van der Waals surface area contributed by atoms with Crippen molar-refractivity contribution in [2.45, 2.75) is 25.7 Å². The Balaban J connectivity index is 1.57. The highest BCUT2D eigenvalue weighted by Gasteiger charge is 2.34. The van der Waals surface area contributed by atoms with E-state index in [0.29, 0.717) is 0 Å². The van der Waals surface area contributed by atoms with Crippen LogP contribution >= 0.6 is 0 Å². The highest BCUT2D eigenvalue weighted by molar-refractivity contribution is 5.47. The van der Waals surface area contributed by atoms with Crippen LogP contribution in [0.15, 0.2) is 43.0 Å². The molecule has 0 heterocycles. The summed E-state index contributed by atoms with van der Waals surface area (Å²) in [6.45, 7) is 3.79. The molecule has 0 radical (unpaired) electrons. The smallest absolute Gasteiger partial charge is 0.0199 e. The molecule has 0 unspecified atom stereocenters. The van der Waals surface area contributed by atoms with Gasteiger partial charge in [0.15, 0.2) is 0 Å². The molecule has 1 aromatic carbocycles. The van der Waals surface area contributed by atoms with E-state index in [0.717, 1.165) is 17.8 Å². The Morgan fingerprint density at radius 3 is 2.53 bits per heavy atom. The molecule has 3 atom stereocenters. The zero-order chi connectivity index (χ0) is 11.7. The first-order chi connectivity index (χ1) is 8.35. The Kier molecular flexibility index (Phi) is 2.88. The topological polar surface area (TPSA) is 0 Å². The second kappa shape index (κ2) is 4.52. The first-order valence-electron chi connectivity index (χ1n) is 6.75. The Labute approximate surface area is 104 Å². The summed E-state index contributed by atoms with van der Waals surface area (Å²) in [6.07, 6.45) is 12.3. The largest absolute Gasteiger partial charge is 0.0985 e. The van der Waals surface area contributed by atoms with Crippen molar-refractivity contribution in [3.63, 3.8) is 0 Å². The van der Waals surface area contributed by atoms with Crippen LogP contribution in [0.3, 0.4) is 0 Å². The van der Waals surface area contributed by atoms with Crippen LogP contribution in [0.25, 0.3) is 6.08 Å². The molecule has 2 bridgehead atoms. The molecule has 0 N–H and O–H groups in total. The minimum absolute atomic E-state index is 0.896. The zero-order valence-electron chi connectivity index (χ0n) is 10.3. The molecule has 0 saturated heterocycles. The first-order valence-corrected chi connectivity index (χ1v) is 6.75. The van der Waals surface area contributed by atoms with Crippen molar-refractivity contribution in [3.05, 3.63) is 54.1 Å². The summed E-state index contributed by atoms with van der Waals surface area (Å²) < 4.78 is 0. The molecule has 1 fully saturated rings. The van der Waals surface area contributed by atoms with Gasteiger partial charge in [-0.1, -0.05) is 49.1 Å². The van der Waals surface area contributed by atoms with E-state index in [1.807, 2.05) is 6.08 Å². The van der Waals surface area contributed by atoms with Crippen LogP contribution < -0.4 is 0 Å². The van der Waals surface area contributed by atoms with Gasteiger partial charge in [-0.3, -0.25) is 0 Å². The van der Waals surface area contributed by atoms with Gasteiger partial charge in [-0.2, -0.15) is 0 Å². The second-order valence-electron chi connectivity index (χ2n) is 5.52. The number of benzene rings is 1. The third-order valence-electron chi connectivity index (χ3n) is 4.44. The van der Waals surface area contributed by atoms with Crippen molar-refractivity contribution in [3.8, 4) is 0 Å². The Morgan fingerprint density at radius 1 is 1.12 bits per heavy atom. The number of allylic oxidation sites excluding steroid dienone is 2. The maximum absolute atomic E-state index is 3.79. The molecule has 17 heavy (non-hydrogen) atoms. The molecule has 0 spiro atoms. The SMILES string of the molecule is C=Cc1ccc(CC[C@@H]2C[C@@H]3C=C[C@H]2C3)cc1. The van der Waals surface area contributed by atoms with Gasteiger partial charge in [0, 0.05) is 0 Å². The molecule has 3 rings (SSSR count). The third-order valence-corrected chi connectivity index (χ3v) is 4.44. The molecule has 1 aromatic rings. The summed E-state index contributed by atoms with van der Waals surface area (Å²) >= 11 is 0. The van der Waals surface area contributed by atoms with Gasteiger partial charge in [-0.15, -0.1) is 0 Å². The first kappa shape index (κ1) is 10.8. The minimum Gasteiger partial charge on any atom is -0.0985 e. The maximum atomic E-state index is 3.79. The van der Waals surface area contributed by atoms with Crippen molar-refractivity contribution in [1.82, 2.24) is 0 Å². The number of aryl methyl sites for hydroxylation is 1. The van der Waals surface area contributed by atoms with Crippen molar-refractivity contribution in [2.24, 2.45) is 17.8 Å². The fourth-order valence-corrected chi connectivity index (χ4v) is 3.40. The minimum atomic E-state index is 0.896. The van der Waals surface area contributed by atoms with Crippen molar-refractivity contribution in [2.75, 3.05) is 0 Å². The zero-order valence-corrected chi connectivity index (χ0v) is 10.3. The van der Waals surface area contributed by atoms with Gasteiger partial charge in [0.25, 0.3) is 0 Å². The number of hydrogen-bond donors (Lipinski definition) is 0. The Morgan fingerprint density at radius 2 is 1.94 bits per heavy atom. The van der Waals surface area contributed by atoms with Crippen LogP contribution in [-0.2, 0) is 6.42 Å². The Hall–Kier alpha value is -1.30. The van der Waals surface area contributed by atoms with Gasteiger partial charge in [-0.05, 0) is 54.6 Å². The predicted molar refractivity (Wildman–Crippen MR) is 73.7 cm³/mol. The van der Waals surface area contributed by atoms with E-state index in [9.17, 15) is 0 Å². The van der Waals surface area contributed by atoms with E-state index in [4.69, 9.17) is 0 Å². The van der Waals surface area contributed by atoms with Gasteiger partial charge in [0.2, 0.25) is 0 Å². The fourth-order valence-electron chi connectivity index (χ4n) is 3.40. The summed E-state index contributed by atoms with van der Waals surface area (Å²) in [4.78, 5) is 0. The molecule has 88 valence electrons. The molecule has 0 amide bonds. The highest BCUT2D eigenvalue weighted by atomic mass is 14.4. The van der Waals surface area contributed by atoms with Crippen LogP contribution in [0.1, 0.15) is 30.4 Å². The van der Waals surface area contributed by atoms with Gasteiger partial charge < -0.3 is 0 Å². The van der Waals surface area contributed by atoms with E-state index < -0.39 is 0 Å². The van der Waals surface area contributed by atoms with Crippen molar-refractivity contribution < 1.29 is 0 Å². The lowest BCUT2D eigenvalue weighted by atomic mass is 9.88. The summed E-state index contributed by atoms with van der Waals surface area (Å²) in [5.74, 6) is 2.75. The van der Waals surface area contributed by atoms with Crippen LogP contribution in [0.5, 0.6) is 0 Å². The summed E-state index contributed by atoms with van der Waals surface area (Å²) in [5.41, 5.74) is 2.69. The molecule has 0 heteroatoms. The lowest BCUT2D eigenvalue weighted by molar-refractivity contribution is 0.416. The van der Waals surface area contributed by atoms with Crippen molar-refractivity contribution >= 4 is 6.08 Å². The molecular formula is C17H20. The number of fused-ring (bicyclic) bond motifs is 2.